The summed E-state index contributed by atoms with van der Waals surface area (Å²) in [5.74, 6) is 0.748. The predicted octanol–water partition coefficient (Wildman–Crippen LogP) is 3.11. The number of halogens is 1. The zero-order valence-corrected chi connectivity index (χ0v) is 18.4. The number of aromatic nitrogens is 2. The summed E-state index contributed by atoms with van der Waals surface area (Å²) in [6.07, 6.45) is 2.69. The number of nitrogens with one attached hydrogen (secondary N) is 1. The van der Waals surface area contributed by atoms with Crippen molar-refractivity contribution in [3.63, 3.8) is 0 Å². The number of carbonyl (C=O) groups is 1. The molecule has 0 radical (unpaired) electrons. The summed E-state index contributed by atoms with van der Waals surface area (Å²) in [5.41, 5.74) is 1.44. The van der Waals surface area contributed by atoms with Gasteiger partial charge in [0.05, 0.1) is 11.7 Å². The number of alkyl halides is 1. The molecule has 172 valence electrons. The van der Waals surface area contributed by atoms with E-state index in [-0.39, 0.29) is 29.5 Å². The number of fused-ring (bicyclic) bond motifs is 3. The van der Waals surface area contributed by atoms with Gasteiger partial charge in [0, 0.05) is 43.2 Å². The van der Waals surface area contributed by atoms with E-state index in [0.29, 0.717) is 34.1 Å². The Labute approximate surface area is 190 Å². The quantitative estimate of drug-likeness (QED) is 0.629. The Hall–Kier alpha value is -3.20. The molecule has 9 heteroatoms. The molecule has 0 aliphatic carbocycles. The number of phenols is 1. The molecule has 0 unspecified atom stereocenters. The lowest BCUT2D eigenvalue weighted by Gasteiger charge is -2.38. The van der Waals surface area contributed by atoms with E-state index in [9.17, 15) is 14.3 Å². The number of amides is 1. The van der Waals surface area contributed by atoms with Gasteiger partial charge in [0.2, 0.25) is 0 Å². The fourth-order valence-electron chi connectivity index (χ4n) is 5.24. The number of hydrogen-bond donors (Lipinski definition) is 2. The first kappa shape index (κ1) is 20.4. The standard InChI is InChI=1S/C24H26FN5O3/c1-29(18-11-14-3-4-17(26-14)23(18)25)22-6-5-16(27-28-22)15-12-20-13(9-19(15)31)10-21(33-20)24(32)30-7-2-8-30/h5-6,9-10,12,14,17-18,23,26,31H,2-4,7-8,11H2,1H3/t14-,17+,18-,23+/m1/s1. The molecular weight excluding hydrogens is 425 g/mol. The van der Waals surface area contributed by atoms with E-state index in [4.69, 9.17) is 4.42 Å². The number of rotatable bonds is 4. The largest absolute Gasteiger partial charge is 0.507 e. The number of phenolic OH excluding ortho intramolecular Hbond substituents is 1. The predicted molar refractivity (Wildman–Crippen MR) is 121 cm³/mol. The van der Waals surface area contributed by atoms with Crippen molar-refractivity contribution in [2.24, 2.45) is 0 Å². The molecule has 6 rings (SSSR count). The van der Waals surface area contributed by atoms with Crippen LogP contribution >= 0.6 is 0 Å². The number of likely N-dealkylation sites (tertiary alicyclic amines) is 1. The molecule has 2 N–H and O–H groups in total. The Bertz CT molecular complexity index is 1210. The fraction of sp³-hybridized carbons (Fsp3) is 0.458. The highest BCUT2D eigenvalue weighted by Crippen LogP contribution is 2.36. The second-order valence-corrected chi connectivity index (χ2v) is 9.35. The van der Waals surface area contributed by atoms with Crippen molar-refractivity contribution in [1.82, 2.24) is 20.4 Å². The van der Waals surface area contributed by atoms with Crippen molar-refractivity contribution >= 4 is 22.7 Å². The molecule has 1 amide bonds. The first-order chi connectivity index (χ1) is 16.0. The van der Waals surface area contributed by atoms with Crippen molar-refractivity contribution in [1.29, 1.82) is 0 Å². The molecule has 0 spiro atoms. The van der Waals surface area contributed by atoms with Crippen LogP contribution in [-0.4, -0.2) is 70.5 Å². The van der Waals surface area contributed by atoms with Gasteiger partial charge in [-0.3, -0.25) is 4.79 Å². The minimum Gasteiger partial charge on any atom is -0.507 e. The van der Waals surface area contributed by atoms with Crippen LogP contribution in [0.5, 0.6) is 5.75 Å². The Morgan fingerprint density at radius 1 is 1.24 bits per heavy atom. The first-order valence-corrected chi connectivity index (χ1v) is 11.5. The van der Waals surface area contributed by atoms with Gasteiger partial charge in [0.25, 0.3) is 5.91 Å². The van der Waals surface area contributed by atoms with Gasteiger partial charge in [-0.05, 0) is 56.0 Å². The average molecular weight is 452 g/mol. The van der Waals surface area contributed by atoms with E-state index < -0.39 is 6.17 Å². The molecular formula is C24H26FN5O3. The summed E-state index contributed by atoms with van der Waals surface area (Å²) < 4.78 is 20.7. The zero-order valence-electron chi connectivity index (χ0n) is 18.4. The Morgan fingerprint density at radius 2 is 2.09 bits per heavy atom. The SMILES string of the molecule is CN(c1ccc(-c2cc3oc(C(=O)N4CCC4)cc3cc2O)nn1)[C@@H]1C[C@H]2CC[C@H](N2)[C@@H]1F. The second kappa shape index (κ2) is 7.69. The highest BCUT2D eigenvalue weighted by molar-refractivity contribution is 5.97. The van der Waals surface area contributed by atoms with Gasteiger partial charge >= 0.3 is 0 Å². The first-order valence-electron chi connectivity index (χ1n) is 11.5. The van der Waals surface area contributed by atoms with Crippen LogP contribution in [-0.2, 0) is 0 Å². The minimum absolute atomic E-state index is 0.0282. The van der Waals surface area contributed by atoms with Crippen LogP contribution in [0.25, 0.3) is 22.2 Å². The van der Waals surface area contributed by atoms with E-state index in [1.54, 1.807) is 35.2 Å². The molecule has 4 atom stereocenters. The molecule has 3 aliphatic rings. The molecule has 3 aromatic rings. The fourth-order valence-corrected chi connectivity index (χ4v) is 5.24. The number of furan rings is 1. The van der Waals surface area contributed by atoms with Crippen LogP contribution in [0.3, 0.4) is 0 Å². The topological polar surface area (TPSA) is 94.7 Å². The second-order valence-electron chi connectivity index (χ2n) is 9.35. The van der Waals surface area contributed by atoms with Crippen molar-refractivity contribution < 1.29 is 18.7 Å². The van der Waals surface area contributed by atoms with E-state index in [1.165, 1.54) is 0 Å². The van der Waals surface area contributed by atoms with Crippen LogP contribution in [0, 0.1) is 0 Å². The third-order valence-corrected chi connectivity index (χ3v) is 7.33. The van der Waals surface area contributed by atoms with Gasteiger partial charge in [-0.15, -0.1) is 10.2 Å². The molecule has 1 aromatic carbocycles. The number of carbonyl (C=O) groups excluding carboxylic acids is 1. The lowest BCUT2D eigenvalue weighted by atomic mass is 9.96. The van der Waals surface area contributed by atoms with Crippen LogP contribution in [0.15, 0.2) is 34.7 Å². The maximum atomic E-state index is 14.9. The van der Waals surface area contributed by atoms with Crippen LogP contribution < -0.4 is 10.2 Å². The molecule has 2 aromatic heterocycles. The number of anilines is 1. The van der Waals surface area contributed by atoms with Crippen LogP contribution in [0.2, 0.25) is 0 Å². The van der Waals surface area contributed by atoms with Crippen molar-refractivity contribution in [3.8, 4) is 17.0 Å². The lowest BCUT2D eigenvalue weighted by molar-refractivity contribution is 0.0621. The third kappa shape index (κ3) is 3.42. The van der Waals surface area contributed by atoms with E-state index in [2.05, 4.69) is 15.5 Å². The Balaban J connectivity index is 1.25. The number of aromatic hydroxyl groups is 1. The lowest BCUT2D eigenvalue weighted by Crippen LogP contribution is -2.55. The maximum Gasteiger partial charge on any atom is 0.289 e. The smallest absolute Gasteiger partial charge is 0.289 e. The van der Waals surface area contributed by atoms with Crippen molar-refractivity contribution in [3.05, 3.63) is 36.1 Å². The molecule has 33 heavy (non-hydrogen) atoms. The average Bonchev–Trinajstić information content (AvgIpc) is 3.38. The van der Waals surface area contributed by atoms with Gasteiger partial charge in [-0.2, -0.15) is 0 Å². The van der Waals surface area contributed by atoms with Crippen molar-refractivity contribution in [2.75, 3.05) is 25.0 Å². The van der Waals surface area contributed by atoms with Crippen LogP contribution in [0.4, 0.5) is 10.2 Å². The summed E-state index contributed by atoms with van der Waals surface area (Å²) in [7, 11) is 1.86. The molecule has 8 nitrogen and oxygen atoms in total. The van der Waals surface area contributed by atoms with Gasteiger partial charge in [0.1, 0.15) is 17.5 Å². The molecule has 2 bridgehead atoms. The van der Waals surface area contributed by atoms with Crippen molar-refractivity contribution in [2.45, 2.75) is 50.0 Å². The summed E-state index contributed by atoms with van der Waals surface area (Å²) in [5, 5.41) is 23.2. The Kier molecular flexibility index (Phi) is 4.76. The minimum atomic E-state index is -0.950. The molecule has 3 aliphatic heterocycles. The maximum absolute atomic E-state index is 14.9. The molecule has 3 saturated heterocycles. The Morgan fingerprint density at radius 3 is 2.82 bits per heavy atom. The highest BCUT2D eigenvalue weighted by atomic mass is 19.1. The summed E-state index contributed by atoms with van der Waals surface area (Å²) >= 11 is 0. The van der Waals surface area contributed by atoms with E-state index >= 15 is 0 Å². The molecule has 0 saturated carbocycles. The number of hydrogen-bond acceptors (Lipinski definition) is 7. The number of benzene rings is 1. The van der Waals surface area contributed by atoms with Crippen LogP contribution in [0.1, 0.15) is 36.2 Å². The van der Waals surface area contributed by atoms with E-state index in [0.717, 1.165) is 38.8 Å². The summed E-state index contributed by atoms with van der Waals surface area (Å²) in [6.45, 7) is 1.48. The number of piperidine rings is 1. The molecule has 3 fully saturated rings. The van der Waals surface area contributed by atoms with Gasteiger partial charge in [0.15, 0.2) is 11.6 Å². The highest BCUT2D eigenvalue weighted by Gasteiger charge is 2.43. The normalized spacial score (nSPS) is 26.4. The van der Waals surface area contributed by atoms with Gasteiger partial charge in [-0.1, -0.05) is 0 Å². The van der Waals surface area contributed by atoms with Gasteiger partial charge < -0.3 is 24.6 Å². The number of nitrogens with zero attached hydrogens (tertiary/aromatic N) is 4. The zero-order chi connectivity index (χ0) is 22.7. The summed E-state index contributed by atoms with van der Waals surface area (Å²) in [4.78, 5) is 16.1. The monoisotopic (exact) mass is 451 g/mol. The summed E-state index contributed by atoms with van der Waals surface area (Å²) in [6, 6.07) is 8.49. The third-order valence-electron chi connectivity index (χ3n) is 7.33. The molecule has 5 heterocycles. The van der Waals surface area contributed by atoms with E-state index in [1.807, 2.05) is 11.9 Å². The van der Waals surface area contributed by atoms with Gasteiger partial charge in [-0.25, -0.2) is 4.39 Å².